The molecule has 1 aromatic rings. The molecule has 0 saturated carbocycles. The van der Waals surface area contributed by atoms with E-state index in [1.54, 1.807) is 0 Å². The maximum atomic E-state index is 3.56. The zero-order valence-corrected chi connectivity index (χ0v) is 12.2. The van der Waals surface area contributed by atoms with Gasteiger partial charge in [-0.15, -0.1) is 0 Å². The first-order valence-corrected chi connectivity index (χ1v) is 6.49. The maximum Gasteiger partial charge on any atom is 0.0213 e. The van der Waals surface area contributed by atoms with E-state index in [4.69, 9.17) is 0 Å². The van der Waals surface area contributed by atoms with E-state index in [0.29, 0.717) is 5.41 Å². The topological polar surface area (TPSA) is 12.0 Å². The quantitative estimate of drug-likeness (QED) is 0.826. The van der Waals surface area contributed by atoms with Crippen LogP contribution in [0.4, 0.5) is 0 Å². The average molecular weight is 233 g/mol. The summed E-state index contributed by atoms with van der Waals surface area (Å²) in [6.07, 6.45) is 1.13. The molecule has 96 valence electrons. The zero-order valence-electron chi connectivity index (χ0n) is 12.2. The second-order valence-corrected chi connectivity index (χ2v) is 7.11. The fourth-order valence-electron chi connectivity index (χ4n) is 1.83. The van der Waals surface area contributed by atoms with E-state index in [9.17, 15) is 0 Å². The monoisotopic (exact) mass is 233 g/mol. The van der Waals surface area contributed by atoms with E-state index >= 15 is 0 Å². The fourth-order valence-corrected chi connectivity index (χ4v) is 1.83. The third-order valence-electron chi connectivity index (χ3n) is 2.65. The number of hydrogen-bond donors (Lipinski definition) is 1. The number of benzene rings is 1. The van der Waals surface area contributed by atoms with Crippen molar-refractivity contribution < 1.29 is 0 Å². The molecule has 0 spiro atoms. The summed E-state index contributed by atoms with van der Waals surface area (Å²) in [6.45, 7) is 14.5. The lowest BCUT2D eigenvalue weighted by Crippen LogP contribution is -2.35. The molecule has 1 N–H and O–H groups in total. The van der Waals surface area contributed by atoms with Gasteiger partial charge < -0.3 is 5.32 Å². The molecule has 1 aromatic carbocycles. The summed E-state index contributed by atoms with van der Waals surface area (Å²) in [6, 6.07) is 8.76. The molecular weight excluding hydrogens is 206 g/mol. The van der Waals surface area contributed by atoms with Crippen LogP contribution in [0.5, 0.6) is 0 Å². The molecule has 0 aliphatic heterocycles. The third kappa shape index (κ3) is 5.88. The molecule has 1 rings (SSSR count). The highest BCUT2D eigenvalue weighted by Crippen LogP contribution is 2.23. The van der Waals surface area contributed by atoms with Crippen LogP contribution in [0.3, 0.4) is 0 Å². The molecule has 0 unspecified atom stereocenters. The Morgan fingerprint density at radius 3 is 1.88 bits per heavy atom. The van der Waals surface area contributed by atoms with Crippen molar-refractivity contribution in [3.05, 3.63) is 35.4 Å². The van der Waals surface area contributed by atoms with Crippen LogP contribution in [0.2, 0.25) is 0 Å². The first-order chi connectivity index (χ1) is 7.67. The second-order valence-electron chi connectivity index (χ2n) is 7.11. The van der Waals surface area contributed by atoms with Crippen LogP contribution in [0.1, 0.15) is 52.7 Å². The van der Waals surface area contributed by atoms with Crippen molar-refractivity contribution in [2.75, 3.05) is 0 Å². The molecule has 0 amide bonds. The van der Waals surface area contributed by atoms with E-state index in [0.717, 1.165) is 13.0 Å². The molecule has 1 nitrogen and oxygen atoms in total. The molecule has 0 aliphatic carbocycles. The van der Waals surface area contributed by atoms with Crippen LogP contribution in [-0.2, 0) is 13.0 Å². The van der Waals surface area contributed by atoms with Crippen LogP contribution < -0.4 is 5.32 Å². The standard InChI is InChI=1S/C16H27N/c1-15(2,3)11-13-9-7-8-10-14(13)12-17-16(4,5)6/h7-10,17H,11-12H2,1-6H3. The van der Waals surface area contributed by atoms with Gasteiger partial charge in [0, 0.05) is 12.1 Å². The van der Waals surface area contributed by atoms with Crippen LogP contribution in [-0.4, -0.2) is 5.54 Å². The van der Waals surface area contributed by atoms with Gasteiger partial charge in [-0.05, 0) is 43.7 Å². The van der Waals surface area contributed by atoms with Gasteiger partial charge in [0.1, 0.15) is 0 Å². The Morgan fingerprint density at radius 2 is 1.41 bits per heavy atom. The van der Waals surface area contributed by atoms with Crippen molar-refractivity contribution in [3.8, 4) is 0 Å². The molecule has 1 heteroatoms. The normalized spacial score (nSPS) is 12.8. The minimum absolute atomic E-state index is 0.175. The first-order valence-electron chi connectivity index (χ1n) is 6.49. The first kappa shape index (κ1) is 14.2. The van der Waals surface area contributed by atoms with Gasteiger partial charge in [0.2, 0.25) is 0 Å². The van der Waals surface area contributed by atoms with Crippen LogP contribution in [0.15, 0.2) is 24.3 Å². The molecular formula is C16H27N. The van der Waals surface area contributed by atoms with Gasteiger partial charge in [-0.25, -0.2) is 0 Å². The van der Waals surface area contributed by atoms with Crippen molar-refractivity contribution in [2.45, 2.75) is 60.0 Å². The highest BCUT2D eigenvalue weighted by molar-refractivity contribution is 5.28. The van der Waals surface area contributed by atoms with Gasteiger partial charge in [0.25, 0.3) is 0 Å². The van der Waals surface area contributed by atoms with Crippen molar-refractivity contribution in [1.29, 1.82) is 0 Å². The van der Waals surface area contributed by atoms with E-state index in [-0.39, 0.29) is 5.54 Å². The molecule has 0 saturated heterocycles. The average Bonchev–Trinajstić information content (AvgIpc) is 2.12. The lowest BCUT2D eigenvalue weighted by atomic mass is 9.86. The number of nitrogens with one attached hydrogen (secondary N) is 1. The van der Waals surface area contributed by atoms with E-state index in [1.807, 2.05) is 0 Å². The van der Waals surface area contributed by atoms with Crippen molar-refractivity contribution in [3.63, 3.8) is 0 Å². The molecule has 0 aromatic heterocycles. The van der Waals surface area contributed by atoms with Gasteiger partial charge in [-0.2, -0.15) is 0 Å². The Morgan fingerprint density at radius 1 is 0.882 bits per heavy atom. The SMILES string of the molecule is CC(C)(C)Cc1ccccc1CNC(C)(C)C. The smallest absolute Gasteiger partial charge is 0.0213 e. The van der Waals surface area contributed by atoms with Crippen LogP contribution in [0, 0.1) is 5.41 Å². The largest absolute Gasteiger partial charge is 0.308 e. The Balaban J connectivity index is 2.78. The van der Waals surface area contributed by atoms with Crippen LogP contribution in [0.25, 0.3) is 0 Å². The van der Waals surface area contributed by atoms with Crippen molar-refractivity contribution >= 4 is 0 Å². The lowest BCUT2D eigenvalue weighted by molar-refractivity contribution is 0.402. The minimum Gasteiger partial charge on any atom is -0.308 e. The molecule has 0 aliphatic rings. The summed E-state index contributed by atoms with van der Waals surface area (Å²) < 4.78 is 0. The molecule has 0 heterocycles. The summed E-state index contributed by atoms with van der Waals surface area (Å²) in [4.78, 5) is 0. The van der Waals surface area contributed by atoms with Gasteiger partial charge >= 0.3 is 0 Å². The molecule has 0 fully saturated rings. The third-order valence-corrected chi connectivity index (χ3v) is 2.65. The Hall–Kier alpha value is -0.820. The molecule has 0 bridgehead atoms. The number of hydrogen-bond acceptors (Lipinski definition) is 1. The van der Waals surface area contributed by atoms with E-state index in [2.05, 4.69) is 71.1 Å². The summed E-state index contributed by atoms with van der Waals surface area (Å²) >= 11 is 0. The Labute approximate surface area is 107 Å². The summed E-state index contributed by atoms with van der Waals surface area (Å²) in [7, 11) is 0. The van der Waals surface area contributed by atoms with Crippen LogP contribution >= 0.6 is 0 Å². The maximum absolute atomic E-state index is 3.56. The van der Waals surface area contributed by atoms with Gasteiger partial charge in [-0.3, -0.25) is 0 Å². The number of rotatable bonds is 3. The predicted molar refractivity (Wildman–Crippen MR) is 76.2 cm³/mol. The van der Waals surface area contributed by atoms with Gasteiger partial charge in [0.05, 0.1) is 0 Å². The lowest BCUT2D eigenvalue weighted by Gasteiger charge is -2.24. The minimum atomic E-state index is 0.175. The summed E-state index contributed by atoms with van der Waals surface area (Å²) in [5.41, 5.74) is 3.42. The highest BCUT2D eigenvalue weighted by Gasteiger charge is 2.15. The van der Waals surface area contributed by atoms with Gasteiger partial charge in [0.15, 0.2) is 0 Å². The molecule has 0 atom stereocenters. The summed E-state index contributed by atoms with van der Waals surface area (Å²) in [5.74, 6) is 0. The van der Waals surface area contributed by atoms with E-state index < -0.39 is 0 Å². The summed E-state index contributed by atoms with van der Waals surface area (Å²) in [5, 5.41) is 3.56. The zero-order chi connectivity index (χ0) is 13.1. The second kappa shape index (κ2) is 5.22. The Kier molecular flexibility index (Phi) is 4.37. The van der Waals surface area contributed by atoms with Crippen molar-refractivity contribution in [2.24, 2.45) is 5.41 Å². The molecule has 17 heavy (non-hydrogen) atoms. The Bertz CT molecular complexity index is 353. The van der Waals surface area contributed by atoms with E-state index in [1.165, 1.54) is 11.1 Å². The molecule has 0 radical (unpaired) electrons. The van der Waals surface area contributed by atoms with Crippen molar-refractivity contribution in [1.82, 2.24) is 5.32 Å². The van der Waals surface area contributed by atoms with Gasteiger partial charge in [-0.1, -0.05) is 45.0 Å². The predicted octanol–water partition coefficient (Wildman–Crippen LogP) is 4.16. The fraction of sp³-hybridized carbons (Fsp3) is 0.625. The highest BCUT2D eigenvalue weighted by atomic mass is 14.9.